The molecule has 1 aromatic carbocycles. The highest BCUT2D eigenvalue weighted by molar-refractivity contribution is 5.74. The van der Waals surface area contributed by atoms with Crippen LogP contribution in [0.1, 0.15) is 0 Å². The summed E-state index contributed by atoms with van der Waals surface area (Å²) in [5, 5.41) is 24.2. The van der Waals surface area contributed by atoms with Gasteiger partial charge in [0.2, 0.25) is 5.52 Å². The van der Waals surface area contributed by atoms with Gasteiger partial charge in [0.25, 0.3) is 11.2 Å². The van der Waals surface area contributed by atoms with E-state index >= 15 is 0 Å². The summed E-state index contributed by atoms with van der Waals surface area (Å²) in [6.07, 6.45) is 0. The van der Waals surface area contributed by atoms with Crippen molar-refractivity contribution in [1.82, 2.24) is 5.16 Å². The molecule has 0 spiro atoms. The quantitative estimate of drug-likeness (QED) is 0.378. The molecule has 0 aliphatic carbocycles. The van der Waals surface area contributed by atoms with E-state index in [0.717, 1.165) is 6.07 Å². The van der Waals surface area contributed by atoms with E-state index in [-0.39, 0.29) is 15.9 Å². The van der Waals surface area contributed by atoms with Gasteiger partial charge in [-0.1, -0.05) is 0 Å². The number of nitro groups is 1. The maximum absolute atomic E-state index is 13.0. The molecular weight excluding hydrogens is 197 g/mol. The summed E-state index contributed by atoms with van der Waals surface area (Å²) in [5.74, 6) is -0.965. The van der Waals surface area contributed by atoms with E-state index in [1.54, 1.807) is 0 Å². The fraction of sp³-hybridized carbons (Fsp3) is 0. The second-order valence-electron chi connectivity index (χ2n) is 2.48. The smallest absolute Gasteiger partial charge is 0.284 e. The second-order valence-corrected chi connectivity index (χ2v) is 2.48. The Morgan fingerprint density at radius 3 is 2.93 bits per heavy atom. The zero-order chi connectivity index (χ0) is 10.3. The van der Waals surface area contributed by atoms with E-state index in [1.807, 2.05) is 0 Å². The minimum atomic E-state index is -0.965. The molecule has 0 saturated carbocycles. The highest BCUT2D eigenvalue weighted by Gasteiger charge is 2.20. The van der Waals surface area contributed by atoms with Gasteiger partial charge in [-0.3, -0.25) is 14.7 Å². The van der Waals surface area contributed by atoms with E-state index in [1.165, 1.54) is 0 Å². The first-order valence-electron chi connectivity index (χ1n) is 3.43. The van der Waals surface area contributed by atoms with Gasteiger partial charge in [-0.25, -0.2) is 4.39 Å². The summed E-state index contributed by atoms with van der Waals surface area (Å²) in [6.45, 7) is 0. The summed E-state index contributed by atoms with van der Waals surface area (Å²) in [5.41, 5.74) is -1.16. The van der Waals surface area contributed by atoms with Crippen LogP contribution in [0.4, 0.5) is 10.1 Å². The first-order valence-corrected chi connectivity index (χ1v) is 3.43. The van der Waals surface area contributed by atoms with Crippen molar-refractivity contribution in [2.45, 2.75) is 0 Å². The van der Waals surface area contributed by atoms with E-state index < -0.39 is 16.4 Å². The molecule has 2 rings (SSSR count). The van der Waals surface area contributed by atoms with Crippen LogP contribution in [0.3, 0.4) is 0 Å². The standard InChI is InChI=1S/C6H2FN3O4/c7-4-1-3(9(11)12)2-5-6(4)8-14-10(5)13/h1-2H. The minimum Gasteiger partial charge on any atom is -0.359 e. The van der Waals surface area contributed by atoms with E-state index in [0.29, 0.717) is 6.07 Å². The molecule has 14 heavy (non-hydrogen) atoms. The Bertz CT molecular complexity index is 523. The number of nitro benzene ring substituents is 1. The Kier molecular flexibility index (Phi) is 1.56. The molecule has 72 valence electrons. The van der Waals surface area contributed by atoms with Crippen LogP contribution in [0.25, 0.3) is 11.0 Å². The molecule has 0 radical (unpaired) electrons. The highest BCUT2D eigenvalue weighted by atomic mass is 19.1. The second kappa shape index (κ2) is 2.62. The Morgan fingerprint density at radius 2 is 2.29 bits per heavy atom. The molecule has 0 aliphatic rings. The molecule has 2 aromatic rings. The summed E-state index contributed by atoms with van der Waals surface area (Å²) in [7, 11) is 0. The number of nitrogens with zero attached hydrogens (tertiary/aromatic N) is 3. The average molecular weight is 199 g/mol. The zero-order valence-corrected chi connectivity index (χ0v) is 6.51. The number of benzene rings is 1. The van der Waals surface area contributed by atoms with Gasteiger partial charge in [-0.05, 0) is 4.90 Å². The molecule has 0 amide bonds. The van der Waals surface area contributed by atoms with Gasteiger partial charge >= 0.3 is 0 Å². The summed E-state index contributed by atoms with van der Waals surface area (Å²) < 4.78 is 17.1. The van der Waals surface area contributed by atoms with Crippen molar-refractivity contribution in [3.63, 3.8) is 0 Å². The predicted octanol–water partition coefficient (Wildman–Crippen LogP) is 0.508. The lowest BCUT2D eigenvalue weighted by atomic mass is 10.2. The lowest BCUT2D eigenvalue weighted by Crippen LogP contribution is -2.22. The average Bonchev–Trinajstić information content (AvgIpc) is 2.48. The molecule has 0 fully saturated rings. The van der Waals surface area contributed by atoms with Crippen molar-refractivity contribution in [3.8, 4) is 0 Å². The van der Waals surface area contributed by atoms with Crippen LogP contribution in [0.2, 0.25) is 0 Å². The van der Waals surface area contributed by atoms with Crippen molar-refractivity contribution in [2.75, 3.05) is 0 Å². The Hall–Kier alpha value is -2.25. The fourth-order valence-corrected chi connectivity index (χ4v) is 1.03. The van der Waals surface area contributed by atoms with Crippen molar-refractivity contribution < 1.29 is 18.8 Å². The third kappa shape index (κ3) is 1.04. The van der Waals surface area contributed by atoms with Gasteiger partial charge in [0.1, 0.15) is 0 Å². The monoisotopic (exact) mass is 199 g/mol. The topological polar surface area (TPSA) is 96.1 Å². The normalized spacial score (nSPS) is 10.6. The summed E-state index contributed by atoms with van der Waals surface area (Å²) >= 11 is 0. The number of hydrogen-bond donors (Lipinski definition) is 0. The van der Waals surface area contributed by atoms with Crippen molar-refractivity contribution in [3.05, 3.63) is 33.3 Å². The molecule has 0 N–H and O–H groups in total. The molecule has 0 saturated heterocycles. The van der Waals surface area contributed by atoms with Crippen LogP contribution in [0, 0.1) is 21.1 Å². The molecule has 0 bridgehead atoms. The lowest BCUT2D eigenvalue weighted by molar-refractivity contribution is -0.782. The SMILES string of the molecule is O=[N+]([O-])c1cc(F)c2no[n+]([O-])c2c1. The molecule has 1 aromatic heterocycles. The third-order valence-electron chi connectivity index (χ3n) is 1.64. The Balaban J connectivity index is 2.82. The number of hydrogen-bond acceptors (Lipinski definition) is 5. The third-order valence-corrected chi connectivity index (χ3v) is 1.64. The van der Waals surface area contributed by atoms with Gasteiger partial charge in [-0.15, -0.1) is 0 Å². The van der Waals surface area contributed by atoms with Gasteiger partial charge < -0.3 is 5.21 Å². The van der Waals surface area contributed by atoms with Crippen molar-refractivity contribution in [1.29, 1.82) is 0 Å². The molecule has 1 heterocycles. The first-order chi connectivity index (χ1) is 6.59. The van der Waals surface area contributed by atoms with E-state index in [2.05, 4.69) is 9.79 Å². The Morgan fingerprint density at radius 1 is 1.57 bits per heavy atom. The predicted molar refractivity (Wildman–Crippen MR) is 39.6 cm³/mol. The van der Waals surface area contributed by atoms with E-state index in [4.69, 9.17) is 0 Å². The largest absolute Gasteiger partial charge is 0.359 e. The first kappa shape index (κ1) is 8.35. The Labute approximate surface area is 75.0 Å². The van der Waals surface area contributed by atoms with Crippen LogP contribution in [-0.2, 0) is 0 Å². The maximum Gasteiger partial charge on any atom is 0.284 e. The maximum atomic E-state index is 13.0. The summed E-state index contributed by atoms with van der Waals surface area (Å²) in [4.78, 5) is 9.40. The van der Waals surface area contributed by atoms with Crippen LogP contribution < -0.4 is 4.90 Å². The van der Waals surface area contributed by atoms with Gasteiger partial charge in [-0.2, -0.15) is 0 Å². The number of non-ortho nitro benzene ring substituents is 1. The zero-order valence-electron chi connectivity index (χ0n) is 6.51. The summed E-state index contributed by atoms with van der Waals surface area (Å²) in [6, 6.07) is 1.56. The van der Waals surface area contributed by atoms with Gasteiger partial charge in [0, 0.05) is 5.16 Å². The molecule has 7 nitrogen and oxygen atoms in total. The lowest BCUT2D eigenvalue weighted by Gasteiger charge is -1.90. The van der Waals surface area contributed by atoms with Crippen LogP contribution in [0.15, 0.2) is 16.8 Å². The van der Waals surface area contributed by atoms with E-state index in [9.17, 15) is 19.7 Å². The van der Waals surface area contributed by atoms with Crippen LogP contribution >= 0.6 is 0 Å². The van der Waals surface area contributed by atoms with Crippen molar-refractivity contribution in [2.24, 2.45) is 0 Å². The number of aromatic nitrogens is 2. The molecule has 8 heteroatoms. The fourth-order valence-electron chi connectivity index (χ4n) is 1.03. The van der Waals surface area contributed by atoms with Gasteiger partial charge in [0.15, 0.2) is 5.82 Å². The van der Waals surface area contributed by atoms with Gasteiger partial charge in [0.05, 0.1) is 17.1 Å². The molecule has 0 unspecified atom stereocenters. The van der Waals surface area contributed by atoms with Crippen LogP contribution in [-0.4, -0.2) is 10.1 Å². The minimum absolute atomic E-state index is 0.0919. The van der Waals surface area contributed by atoms with Crippen LogP contribution in [0.5, 0.6) is 0 Å². The molecule has 0 aliphatic heterocycles. The highest BCUT2D eigenvalue weighted by Crippen LogP contribution is 2.20. The van der Waals surface area contributed by atoms with Crippen molar-refractivity contribution >= 4 is 16.7 Å². The molecular formula is C6H2FN3O4. The number of fused-ring (bicyclic) bond motifs is 1. The number of rotatable bonds is 1. The molecule has 0 atom stereocenters. The number of halogens is 1.